The maximum Gasteiger partial charge on any atom is 0.258 e. The van der Waals surface area contributed by atoms with Crippen molar-refractivity contribution in [3.05, 3.63) is 59.7 Å². The fourth-order valence-electron chi connectivity index (χ4n) is 3.00. The summed E-state index contributed by atoms with van der Waals surface area (Å²) >= 11 is 0. The lowest BCUT2D eigenvalue weighted by Gasteiger charge is -2.11. The van der Waals surface area contributed by atoms with E-state index >= 15 is 0 Å². The summed E-state index contributed by atoms with van der Waals surface area (Å²) in [7, 11) is 0. The second-order valence-electron chi connectivity index (χ2n) is 6.37. The largest absolute Gasteiger partial charge is 0.494 e. The minimum atomic E-state index is -0.363. The molecule has 1 fully saturated rings. The highest BCUT2D eigenvalue weighted by Crippen LogP contribution is 2.25. The Kier molecular flexibility index (Phi) is 7.00. The van der Waals surface area contributed by atoms with Crippen LogP contribution in [0.1, 0.15) is 37.4 Å². The number of carbonyl (C=O) groups excluding carboxylic acids is 1. The summed E-state index contributed by atoms with van der Waals surface area (Å²) in [4.78, 5) is 12.3. The van der Waals surface area contributed by atoms with Crippen LogP contribution < -0.4 is 25.8 Å². The Labute approximate surface area is 165 Å². The SMILES string of the molecule is CCOc1ccc(/C=N/NC(=O)C2CC(c3cccc(OCC)c3)NN2)cc1. The minimum absolute atomic E-state index is 0.0336. The highest BCUT2D eigenvalue weighted by Gasteiger charge is 2.30. The van der Waals surface area contributed by atoms with Gasteiger partial charge in [0, 0.05) is 6.04 Å². The van der Waals surface area contributed by atoms with Gasteiger partial charge in [-0.05, 0) is 67.8 Å². The first-order valence-corrected chi connectivity index (χ1v) is 9.49. The van der Waals surface area contributed by atoms with Crippen molar-refractivity contribution >= 4 is 12.1 Å². The third-order valence-electron chi connectivity index (χ3n) is 4.37. The van der Waals surface area contributed by atoms with Gasteiger partial charge in [0.1, 0.15) is 17.5 Å². The van der Waals surface area contributed by atoms with Gasteiger partial charge in [0.2, 0.25) is 0 Å². The lowest BCUT2D eigenvalue weighted by atomic mass is 10.0. The van der Waals surface area contributed by atoms with Gasteiger partial charge < -0.3 is 9.47 Å². The number of carbonyl (C=O) groups is 1. The molecule has 0 aliphatic carbocycles. The average molecular weight is 382 g/mol. The summed E-state index contributed by atoms with van der Waals surface area (Å²) in [5, 5.41) is 4.04. The molecule has 0 spiro atoms. The van der Waals surface area contributed by atoms with Gasteiger partial charge in [-0.1, -0.05) is 12.1 Å². The molecule has 1 aliphatic rings. The van der Waals surface area contributed by atoms with Crippen LogP contribution in [0, 0.1) is 0 Å². The van der Waals surface area contributed by atoms with E-state index in [1.54, 1.807) is 6.21 Å². The van der Waals surface area contributed by atoms with Gasteiger partial charge in [-0.25, -0.2) is 16.3 Å². The van der Waals surface area contributed by atoms with Crippen molar-refractivity contribution < 1.29 is 14.3 Å². The zero-order chi connectivity index (χ0) is 19.8. The molecular weight excluding hydrogens is 356 g/mol. The van der Waals surface area contributed by atoms with Crippen LogP contribution in [0.4, 0.5) is 0 Å². The first kappa shape index (κ1) is 19.9. The number of benzene rings is 2. The summed E-state index contributed by atoms with van der Waals surface area (Å²) in [6, 6.07) is 15.1. The normalized spacial score (nSPS) is 18.9. The maximum absolute atomic E-state index is 12.3. The standard InChI is InChI=1S/C21H26N4O3/c1-3-27-17-10-8-15(9-11-17)14-22-25-21(26)20-13-19(23-24-20)16-6-5-7-18(12-16)28-4-2/h5-12,14,19-20,23-24H,3-4,13H2,1-2H3,(H,25,26)/b22-14+. The zero-order valence-corrected chi connectivity index (χ0v) is 16.1. The highest BCUT2D eigenvalue weighted by molar-refractivity contribution is 5.85. The van der Waals surface area contributed by atoms with Gasteiger partial charge >= 0.3 is 0 Å². The van der Waals surface area contributed by atoms with Crippen molar-refractivity contribution in [2.75, 3.05) is 13.2 Å². The van der Waals surface area contributed by atoms with Crippen LogP contribution in [0.5, 0.6) is 11.5 Å². The number of nitrogens with one attached hydrogen (secondary N) is 3. The number of nitrogens with zero attached hydrogens (tertiary/aromatic N) is 1. The molecule has 0 bridgehead atoms. The lowest BCUT2D eigenvalue weighted by molar-refractivity contribution is -0.122. The number of hydrazine groups is 1. The molecule has 28 heavy (non-hydrogen) atoms. The zero-order valence-electron chi connectivity index (χ0n) is 16.1. The van der Waals surface area contributed by atoms with Gasteiger partial charge in [-0.15, -0.1) is 0 Å². The van der Waals surface area contributed by atoms with Gasteiger partial charge in [0.05, 0.1) is 19.4 Å². The van der Waals surface area contributed by atoms with Crippen LogP contribution >= 0.6 is 0 Å². The van der Waals surface area contributed by atoms with Crippen LogP contribution in [-0.4, -0.2) is 31.4 Å². The molecule has 1 aliphatic heterocycles. The highest BCUT2D eigenvalue weighted by atomic mass is 16.5. The first-order valence-electron chi connectivity index (χ1n) is 9.49. The molecule has 0 aromatic heterocycles. The van der Waals surface area contributed by atoms with Crippen molar-refractivity contribution in [1.29, 1.82) is 0 Å². The number of ether oxygens (including phenoxy) is 2. The average Bonchev–Trinajstić information content (AvgIpc) is 3.20. The number of rotatable bonds is 8. The molecule has 2 aromatic carbocycles. The van der Waals surface area contributed by atoms with E-state index in [0.717, 1.165) is 22.6 Å². The molecule has 2 unspecified atom stereocenters. The van der Waals surface area contributed by atoms with Crippen molar-refractivity contribution in [3.63, 3.8) is 0 Å². The fraction of sp³-hybridized carbons (Fsp3) is 0.333. The van der Waals surface area contributed by atoms with Crippen LogP contribution in [0.15, 0.2) is 53.6 Å². The Morgan fingerprint density at radius 2 is 1.86 bits per heavy atom. The van der Waals surface area contributed by atoms with Crippen LogP contribution in [0.25, 0.3) is 0 Å². The van der Waals surface area contributed by atoms with Crippen LogP contribution in [0.3, 0.4) is 0 Å². The van der Waals surface area contributed by atoms with Crippen LogP contribution in [-0.2, 0) is 4.79 Å². The number of hydrazone groups is 1. The van der Waals surface area contributed by atoms with E-state index in [2.05, 4.69) is 21.4 Å². The van der Waals surface area contributed by atoms with E-state index in [1.165, 1.54) is 0 Å². The molecule has 2 atom stereocenters. The van der Waals surface area contributed by atoms with E-state index in [4.69, 9.17) is 9.47 Å². The number of hydrogen-bond donors (Lipinski definition) is 3. The summed E-state index contributed by atoms with van der Waals surface area (Å²) in [6.45, 7) is 5.15. The molecular formula is C21H26N4O3. The second-order valence-corrected chi connectivity index (χ2v) is 6.37. The molecule has 7 heteroatoms. The van der Waals surface area contributed by atoms with E-state index in [9.17, 15) is 4.79 Å². The molecule has 0 radical (unpaired) electrons. The molecule has 7 nitrogen and oxygen atoms in total. The Morgan fingerprint density at radius 3 is 2.61 bits per heavy atom. The summed E-state index contributed by atoms with van der Waals surface area (Å²) < 4.78 is 10.9. The first-order chi connectivity index (χ1) is 13.7. The third kappa shape index (κ3) is 5.31. The second kappa shape index (κ2) is 9.87. The third-order valence-corrected chi connectivity index (χ3v) is 4.37. The molecule has 1 amide bonds. The van der Waals surface area contributed by atoms with Crippen molar-refractivity contribution in [1.82, 2.24) is 16.3 Å². The summed E-state index contributed by atoms with van der Waals surface area (Å²) in [6.07, 6.45) is 2.24. The van der Waals surface area contributed by atoms with Gasteiger partial charge in [-0.3, -0.25) is 4.79 Å². The predicted octanol–water partition coefficient (Wildman–Crippen LogP) is 2.54. The summed E-state index contributed by atoms with van der Waals surface area (Å²) in [5.41, 5.74) is 10.7. The quantitative estimate of drug-likeness (QED) is 0.483. The van der Waals surface area contributed by atoms with Gasteiger partial charge in [0.25, 0.3) is 5.91 Å². The topological polar surface area (TPSA) is 84.0 Å². The molecule has 0 saturated carbocycles. The molecule has 1 heterocycles. The van der Waals surface area contributed by atoms with Crippen molar-refractivity contribution in [2.45, 2.75) is 32.4 Å². The Hall–Kier alpha value is -2.90. The Bertz CT molecular complexity index is 808. The molecule has 3 N–H and O–H groups in total. The predicted molar refractivity (Wildman–Crippen MR) is 108 cm³/mol. The van der Waals surface area contributed by atoms with E-state index in [-0.39, 0.29) is 18.0 Å². The van der Waals surface area contributed by atoms with E-state index in [0.29, 0.717) is 19.6 Å². The van der Waals surface area contributed by atoms with E-state index in [1.807, 2.05) is 62.4 Å². The summed E-state index contributed by atoms with van der Waals surface area (Å²) in [5.74, 6) is 1.46. The molecule has 1 saturated heterocycles. The van der Waals surface area contributed by atoms with Gasteiger partial charge in [-0.2, -0.15) is 5.10 Å². The monoisotopic (exact) mass is 382 g/mol. The molecule has 148 valence electrons. The Balaban J connectivity index is 1.51. The number of amides is 1. The van der Waals surface area contributed by atoms with E-state index < -0.39 is 0 Å². The smallest absolute Gasteiger partial charge is 0.258 e. The molecule has 3 rings (SSSR count). The molecule has 2 aromatic rings. The fourth-order valence-corrected chi connectivity index (χ4v) is 3.00. The van der Waals surface area contributed by atoms with Crippen molar-refractivity contribution in [2.24, 2.45) is 5.10 Å². The Morgan fingerprint density at radius 1 is 1.11 bits per heavy atom. The van der Waals surface area contributed by atoms with Gasteiger partial charge in [0.15, 0.2) is 0 Å². The van der Waals surface area contributed by atoms with Crippen molar-refractivity contribution in [3.8, 4) is 11.5 Å². The number of hydrogen-bond acceptors (Lipinski definition) is 6. The van der Waals surface area contributed by atoms with Crippen LogP contribution in [0.2, 0.25) is 0 Å². The maximum atomic E-state index is 12.3. The lowest BCUT2D eigenvalue weighted by Crippen LogP contribution is -2.41. The minimum Gasteiger partial charge on any atom is -0.494 e.